The molecule has 0 amide bonds. The van der Waals surface area contributed by atoms with Gasteiger partial charge in [-0.2, -0.15) is 0 Å². The lowest BCUT2D eigenvalue weighted by Crippen LogP contribution is -2.40. The van der Waals surface area contributed by atoms with E-state index in [0.29, 0.717) is 27.8 Å². The van der Waals surface area contributed by atoms with Crippen molar-refractivity contribution in [2.24, 2.45) is 10.9 Å². The number of nitrogens with zero attached hydrogens (tertiary/aromatic N) is 1. The fourth-order valence-corrected chi connectivity index (χ4v) is 4.70. The van der Waals surface area contributed by atoms with E-state index in [2.05, 4.69) is 4.98 Å². The number of nitrogens with two attached hydrogens (primary N) is 2. The number of aromatic nitrogens is 1. The fraction of sp³-hybridized carbons (Fsp3) is 0.200. The molecule has 162 valence electrons. The minimum absolute atomic E-state index is 0.0353. The summed E-state index contributed by atoms with van der Waals surface area (Å²) in [6.07, 6.45) is 5.31. The predicted molar refractivity (Wildman–Crippen MR) is 113 cm³/mol. The maximum atomic E-state index is 14.8. The summed E-state index contributed by atoms with van der Waals surface area (Å²) < 4.78 is 49.3. The normalized spacial score (nSPS) is 16.7. The molecule has 0 saturated heterocycles. The molecule has 1 aromatic carbocycles. The number of thiazole rings is 1. The van der Waals surface area contributed by atoms with Crippen LogP contribution in [-0.4, -0.2) is 19.5 Å². The number of hydrogen-bond acceptors (Lipinski definition) is 8. The molecule has 0 fully saturated rings. The number of rotatable bonds is 5. The van der Waals surface area contributed by atoms with Crippen molar-refractivity contribution in [1.82, 2.24) is 4.98 Å². The van der Waals surface area contributed by atoms with Crippen LogP contribution in [0.1, 0.15) is 29.2 Å². The van der Waals surface area contributed by atoms with Crippen molar-refractivity contribution in [3.63, 3.8) is 0 Å². The summed E-state index contributed by atoms with van der Waals surface area (Å²) in [4.78, 5) is 16.1. The van der Waals surface area contributed by atoms with Gasteiger partial charge in [-0.15, -0.1) is 0 Å². The lowest BCUT2D eigenvalue weighted by Gasteiger charge is -2.18. The van der Waals surface area contributed by atoms with Crippen LogP contribution < -0.4 is 31.9 Å². The highest BCUT2D eigenvalue weighted by atomic mass is 32.2. The van der Waals surface area contributed by atoms with E-state index in [1.165, 1.54) is 23.5 Å². The first-order valence-electron chi connectivity index (χ1n) is 9.15. The zero-order valence-corrected chi connectivity index (χ0v) is 17.9. The molecule has 11 heteroatoms. The molecule has 0 spiro atoms. The van der Waals surface area contributed by atoms with Crippen LogP contribution in [0.2, 0.25) is 0 Å². The van der Waals surface area contributed by atoms with E-state index in [1.807, 2.05) is 6.08 Å². The van der Waals surface area contributed by atoms with Crippen molar-refractivity contribution in [3.8, 4) is 5.19 Å². The number of benzene rings is 1. The molecular weight excluding hydrogens is 445 g/mol. The molecule has 0 saturated carbocycles. The fourth-order valence-electron chi connectivity index (χ4n) is 3.52. The third-order valence-corrected chi connectivity index (χ3v) is 6.58. The molecule has 2 heterocycles. The average molecular weight is 464 g/mol. The number of halogens is 1. The summed E-state index contributed by atoms with van der Waals surface area (Å²) in [5, 5.41) is 8.00. The van der Waals surface area contributed by atoms with Gasteiger partial charge in [0.15, 0.2) is 0 Å². The van der Waals surface area contributed by atoms with Gasteiger partial charge >= 0.3 is 5.63 Å². The van der Waals surface area contributed by atoms with Gasteiger partial charge in [0.25, 0.3) is 5.19 Å². The van der Waals surface area contributed by atoms with Gasteiger partial charge in [-0.3, -0.25) is 0 Å². The standard InChI is InChI=1S/C20H18FN3O5S2/c1-10-12-6-5-11(28-20-24-7-8-30-20)9-14(12)29-19(25)16(10)18(22)13-3-2-4-15(17(13)21)31(23,26)27/h2-4,6-9,11,18H,5,22H2,1H3,(H2,23,26,27). The number of primary sulfonamides is 1. The van der Waals surface area contributed by atoms with Crippen molar-refractivity contribution in [1.29, 1.82) is 0 Å². The average Bonchev–Trinajstić information content (AvgIpc) is 3.20. The molecule has 4 rings (SSSR count). The lowest BCUT2D eigenvalue weighted by atomic mass is 9.95. The van der Waals surface area contributed by atoms with E-state index >= 15 is 0 Å². The monoisotopic (exact) mass is 463 g/mol. The number of ether oxygens (including phenoxy) is 1. The Morgan fingerprint density at radius 2 is 2.16 bits per heavy atom. The molecule has 4 N–H and O–H groups in total. The van der Waals surface area contributed by atoms with Crippen LogP contribution in [0.3, 0.4) is 0 Å². The van der Waals surface area contributed by atoms with Crippen LogP contribution in [0.4, 0.5) is 4.39 Å². The van der Waals surface area contributed by atoms with Crippen molar-refractivity contribution in [2.45, 2.75) is 30.4 Å². The van der Waals surface area contributed by atoms with Gasteiger partial charge in [0.05, 0.1) is 11.6 Å². The van der Waals surface area contributed by atoms with Crippen LogP contribution >= 0.6 is 11.3 Å². The minimum atomic E-state index is -4.30. The minimum Gasteiger partial charge on any atom is -0.462 e. The largest absolute Gasteiger partial charge is 0.462 e. The highest BCUT2D eigenvalue weighted by Crippen LogP contribution is 2.25. The molecule has 2 aromatic heterocycles. The Kier molecular flexibility index (Phi) is 5.52. The van der Waals surface area contributed by atoms with E-state index < -0.39 is 32.4 Å². The van der Waals surface area contributed by atoms with Crippen molar-refractivity contribution in [3.05, 3.63) is 73.3 Å². The van der Waals surface area contributed by atoms with Crippen LogP contribution in [-0.2, 0) is 10.0 Å². The smallest absolute Gasteiger partial charge is 0.341 e. The molecule has 2 atom stereocenters. The predicted octanol–water partition coefficient (Wildman–Crippen LogP) is 0.652. The molecule has 3 aromatic rings. The van der Waals surface area contributed by atoms with Crippen molar-refractivity contribution < 1.29 is 22.0 Å². The Bertz CT molecular complexity index is 1430. The van der Waals surface area contributed by atoms with E-state index in [9.17, 15) is 17.6 Å². The molecule has 0 bridgehead atoms. The Morgan fingerprint density at radius 1 is 1.39 bits per heavy atom. The molecule has 0 radical (unpaired) electrons. The first-order chi connectivity index (χ1) is 14.7. The molecule has 8 nitrogen and oxygen atoms in total. The molecular formula is C20H18FN3O5S2. The van der Waals surface area contributed by atoms with Crippen LogP contribution in [0.5, 0.6) is 5.19 Å². The van der Waals surface area contributed by atoms with Gasteiger partial charge in [0.1, 0.15) is 22.2 Å². The summed E-state index contributed by atoms with van der Waals surface area (Å²) in [6, 6.07) is 2.41. The van der Waals surface area contributed by atoms with Crippen LogP contribution in [0.15, 0.2) is 43.9 Å². The van der Waals surface area contributed by atoms with Gasteiger partial charge in [-0.1, -0.05) is 29.5 Å². The second-order valence-electron chi connectivity index (χ2n) is 6.95. The quantitative estimate of drug-likeness (QED) is 0.566. The molecule has 1 aliphatic carbocycles. The lowest BCUT2D eigenvalue weighted by molar-refractivity contribution is 0.265. The maximum Gasteiger partial charge on any atom is 0.341 e. The van der Waals surface area contributed by atoms with Crippen LogP contribution in [0.25, 0.3) is 12.2 Å². The zero-order chi connectivity index (χ0) is 22.3. The van der Waals surface area contributed by atoms with E-state index in [0.717, 1.165) is 6.07 Å². The third-order valence-electron chi connectivity index (χ3n) is 5.00. The van der Waals surface area contributed by atoms with Gasteiger partial charge in [-0.25, -0.2) is 27.7 Å². The number of sulfonamides is 1. The summed E-state index contributed by atoms with van der Waals surface area (Å²) in [7, 11) is -4.30. The summed E-state index contributed by atoms with van der Waals surface area (Å²) in [6.45, 7) is 1.68. The topological polar surface area (TPSA) is 139 Å². The second-order valence-corrected chi connectivity index (χ2v) is 9.34. The zero-order valence-electron chi connectivity index (χ0n) is 16.2. The second kappa shape index (κ2) is 8.00. The summed E-state index contributed by atoms with van der Waals surface area (Å²) in [5.74, 6) is -1.10. The van der Waals surface area contributed by atoms with Gasteiger partial charge in [0, 0.05) is 28.8 Å². The van der Waals surface area contributed by atoms with Crippen molar-refractivity contribution >= 4 is 33.5 Å². The van der Waals surface area contributed by atoms with Gasteiger partial charge in [-0.05, 0) is 24.6 Å². The van der Waals surface area contributed by atoms with E-state index in [4.69, 9.17) is 20.0 Å². The third kappa shape index (κ3) is 4.04. The van der Waals surface area contributed by atoms with Crippen molar-refractivity contribution in [2.75, 3.05) is 0 Å². The first-order valence-corrected chi connectivity index (χ1v) is 11.6. The molecule has 2 unspecified atom stereocenters. The summed E-state index contributed by atoms with van der Waals surface area (Å²) in [5.41, 5.74) is 6.15. The number of fused-ring (bicyclic) bond motifs is 1. The van der Waals surface area contributed by atoms with Gasteiger partial charge < -0.3 is 14.9 Å². The van der Waals surface area contributed by atoms with E-state index in [1.54, 1.807) is 24.6 Å². The molecule has 31 heavy (non-hydrogen) atoms. The molecule has 0 aliphatic heterocycles. The summed E-state index contributed by atoms with van der Waals surface area (Å²) >= 11 is 1.35. The molecule has 1 aliphatic rings. The number of hydrogen-bond donors (Lipinski definition) is 2. The Balaban J connectivity index is 1.78. The van der Waals surface area contributed by atoms with Crippen LogP contribution in [0, 0.1) is 12.7 Å². The Labute approximate surface area is 180 Å². The highest BCUT2D eigenvalue weighted by Gasteiger charge is 2.26. The SMILES string of the molecule is Cc1c(C(N)c2cccc(S(N)(=O)=O)c2F)c(=O)oc2c1=CCC(Oc1nccs1)C=2. The maximum absolute atomic E-state index is 14.8. The van der Waals surface area contributed by atoms with Gasteiger partial charge in [0.2, 0.25) is 10.0 Å². The first kappa shape index (κ1) is 21.4. The van der Waals surface area contributed by atoms with E-state index in [-0.39, 0.29) is 17.2 Å². The Hall–Kier alpha value is -2.86. The highest BCUT2D eigenvalue weighted by molar-refractivity contribution is 7.89. The Morgan fingerprint density at radius 3 is 2.84 bits per heavy atom.